The fraction of sp³-hybridized carbons (Fsp3) is 1.00. The molecule has 0 rings (SSSR count). The van der Waals surface area contributed by atoms with Crippen molar-refractivity contribution in [3.05, 3.63) is 0 Å². The average Bonchev–Trinajstić information content (AvgIpc) is 2.75. The third-order valence-corrected chi connectivity index (χ3v) is 11.7. The van der Waals surface area contributed by atoms with Crippen molar-refractivity contribution in [2.75, 3.05) is 24.6 Å². The molecule has 0 radical (unpaired) electrons. The molecular weight excluding hydrogens is 431 g/mol. The third kappa shape index (κ3) is 16.7. The van der Waals surface area contributed by atoms with Gasteiger partial charge in [-0.2, -0.15) is 8.78 Å². The Hall–Kier alpha value is 0.150. The molecule has 0 spiro atoms. The topological polar surface area (TPSA) is 0 Å². The van der Waals surface area contributed by atoms with Crippen LogP contribution in [0, 0.1) is 0 Å². The minimum atomic E-state index is -3.82. The average molecular weight is 486 g/mol. The highest BCUT2D eigenvalue weighted by Crippen LogP contribution is 2.63. The van der Waals surface area contributed by atoms with Gasteiger partial charge in [-0.1, -0.05) is 97.8 Å². The van der Waals surface area contributed by atoms with Gasteiger partial charge in [0.1, 0.15) is 6.16 Å². The maximum Gasteiger partial charge on any atom is 0.339 e. The molecule has 0 fully saturated rings. The maximum atomic E-state index is 14.3. The first-order valence-corrected chi connectivity index (χ1v) is 16.4. The van der Waals surface area contributed by atoms with Crippen molar-refractivity contribution in [1.29, 1.82) is 0 Å². The van der Waals surface area contributed by atoms with Crippen molar-refractivity contribution in [2.24, 2.45) is 0 Å². The van der Waals surface area contributed by atoms with E-state index in [2.05, 4.69) is 20.8 Å². The highest BCUT2D eigenvalue weighted by atomic mass is 31.2. The Morgan fingerprint density at radius 3 is 1.06 bits per heavy atom. The zero-order chi connectivity index (χ0) is 24.1. The van der Waals surface area contributed by atoms with Gasteiger partial charge in [-0.05, 0) is 38.5 Å². The van der Waals surface area contributed by atoms with Gasteiger partial charge in [0.2, 0.25) is 0 Å². The normalized spacial score (nSPS) is 12.8. The summed E-state index contributed by atoms with van der Waals surface area (Å²) in [4.78, 5) is 0. The highest BCUT2D eigenvalue weighted by molar-refractivity contribution is 7.76. The second kappa shape index (κ2) is 20.5. The zero-order valence-corrected chi connectivity index (χ0v) is 22.5. The van der Waals surface area contributed by atoms with Crippen LogP contribution in [0.2, 0.25) is 0 Å². The molecule has 0 bridgehead atoms. The molecule has 0 heterocycles. The molecule has 0 saturated heterocycles. The molecule has 0 aromatic rings. The number of unbranched alkanes of at least 4 members (excludes halogenated alkanes) is 15. The SMILES string of the molecule is CCCCCCCC[P+](CCCCCCCC)(CCCCCCCC)CC(F)(F)C(F)F. The van der Waals surface area contributed by atoms with Gasteiger partial charge in [0, 0.05) is 7.26 Å². The lowest BCUT2D eigenvalue weighted by molar-refractivity contribution is -0.111. The lowest BCUT2D eigenvalue weighted by Gasteiger charge is -2.31. The summed E-state index contributed by atoms with van der Waals surface area (Å²) in [6, 6.07) is 0. The molecule has 0 unspecified atom stereocenters. The molecule has 0 aliphatic heterocycles. The summed E-state index contributed by atoms with van der Waals surface area (Å²) < 4.78 is 55.1. The van der Waals surface area contributed by atoms with Crippen LogP contribution < -0.4 is 0 Å². The Morgan fingerprint density at radius 2 is 0.781 bits per heavy atom. The van der Waals surface area contributed by atoms with E-state index in [0.717, 1.165) is 76.3 Å². The van der Waals surface area contributed by atoms with Gasteiger partial charge in [0.15, 0.2) is 0 Å². The molecule has 32 heavy (non-hydrogen) atoms. The van der Waals surface area contributed by atoms with Crippen molar-refractivity contribution in [3.8, 4) is 0 Å². The van der Waals surface area contributed by atoms with Crippen molar-refractivity contribution in [2.45, 2.75) is 149 Å². The molecule has 194 valence electrons. The molecule has 0 aromatic heterocycles. The molecule has 0 aliphatic carbocycles. The van der Waals surface area contributed by atoms with Gasteiger partial charge in [0.25, 0.3) is 0 Å². The molecule has 0 saturated carbocycles. The van der Waals surface area contributed by atoms with Gasteiger partial charge in [0.05, 0.1) is 18.5 Å². The second-order valence-corrected chi connectivity index (χ2v) is 14.4. The first-order chi connectivity index (χ1) is 15.3. The monoisotopic (exact) mass is 485 g/mol. The van der Waals surface area contributed by atoms with E-state index < -0.39 is 25.8 Å². The quantitative estimate of drug-likeness (QED) is 0.0724. The van der Waals surface area contributed by atoms with E-state index in [1.54, 1.807) is 0 Å². The van der Waals surface area contributed by atoms with E-state index in [0.29, 0.717) is 0 Å². The first kappa shape index (κ1) is 32.1. The predicted molar refractivity (Wildman–Crippen MR) is 137 cm³/mol. The summed E-state index contributed by atoms with van der Waals surface area (Å²) in [6.07, 6.45) is 18.6. The summed E-state index contributed by atoms with van der Waals surface area (Å²) in [5.74, 6) is -3.82. The van der Waals surface area contributed by atoms with Crippen molar-refractivity contribution >= 4 is 7.26 Å². The van der Waals surface area contributed by atoms with Crippen molar-refractivity contribution in [1.82, 2.24) is 0 Å². The van der Waals surface area contributed by atoms with E-state index >= 15 is 0 Å². The molecule has 0 amide bonds. The fourth-order valence-electron chi connectivity index (χ4n) is 4.77. The van der Waals surface area contributed by atoms with Gasteiger partial charge in [-0.25, -0.2) is 8.78 Å². The molecule has 0 nitrogen and oxygen atoms in total. The van der Waals surface area contributed by atoms with Gasteiger partial charge < -0.3 is 0 Å². The minimum absolute atomic E-state index is 0.517. The van der Waals surface area contributed by atoms with Gasteiger partial charge >= 0.3 is 12.3 Å². The Bertz CT molecular complexity index is 360. The second-order valence-electron chi connectivity index (χ2n) is 10.0. The van der Waals surface area contributed by atoms with Crippen molar-refractivity contribution < 1.29 is 17.6 Å². The van der Waals surface area contributed by atoms with E-state index in [4.69, 9.17) is 0 Å². The first-order valence-electron chi connectivity index (χ1n) is 13.8. The largest absolute Gasteiger partial charge is 0.339 e. The Morgan fingerprint density at radius 1 is 0.500 bits per heavy atom. The smallest absolute Gasteiger partial charge is 0.203 e. The highest BCUT2D eigenvalue weighted by Gasteiger charge is 2.52. The molecular formula is C27H54F4P+. The zero-order valence-electron chi connectivity index (χ0n) is 21.6. The fourth-order valence-corrected chi connectivity index (χ4v) is 9.63. The Labute approximate surface area is 198 Å². The van der Waals surface area contributed by atoms with E-state index in [9.17, 15) is 17.6 Å². The summed E-state index contributed by atoms with van der Waals surface area (Å²) in [6.45, 7) is 6.55. The number of halogens is 4. The Balaban J connectivity index is 5.04. The standard InChI is InChI=1S/C27H54F4P/c1-4-7-10-13-16-19-22-32(25-27(30,31)26(28)29,23-20-17-14-11-8-5-2)24-21-18-15-12-9-6-3/h26H,4-25H2,1-3H3/q+1. The van der Waals surface area contributed by atoms with Crippen LogP contribution in [0.3, 0.4) is 0 Å². The number of rotatable bonds is 24. The number of alkyl halides is 4. The van der Waals surface area contributed by atoms with Crippen LogP contribution in [0.5, 0.6) is 0 Å². The third-order valence-electron chi connectivity index (χ3n) is 6.82. The predicted octanol–water partition coefficient (Wildman–Crippen LogP) is 11.0. The van der Waals surface area contributed by atoms with E-state index in [1.165, 1.54) is 57.8 Å². The van der Waals surface area contributed by atoms with Crippen LogP contribution in [0.25, 0.3) is 0 Å². The molecule has 5 heteroatoms. The summed E-state index contributed by atoms with van der Waals surface area (Å²) >= 11 is 0. The maximum absolute atomic E-state index is 14.3. The van der Waals surface area contributed by atoms with Crippen LogP contribution in [-0.2, 0) is 0 Å². The van der Waals surface area contributed by atoms with E-state index in [-0.39, 0.29) is 0 Å². The molecule has 0 aliphatic rings. The van der Waals surface area contributed by atoms with Crippen LogP contribution in [0.4, 0.5) is 17.6 Å². The lowest BCUT2D eigenvalue weighted by atomic mass is 10.1. The lowest BCUT2D eigenvalue weighted by Crippen LogP contribution is -2.34. The summed E-state index contributed by atoms with van der Waals surface area (Å²) in [7, 11) is -2.07. The van der Waals surface area contributed by atoms with Crippen LogP contribution in [0.15, 0.2) is 0 Å². The molecule has 0 atom stereocenters. The van der Waals surface area contributed by atoms with Crippen LogP contribution in [-0.4, -0.2) is 37.0 Å². The van der Waals surface area contributed by atoms with Crippen LogP contribution >= 0.6 is 7.26 Å². The summed E-state index contributed by atoms with van der Waals surface area (Å²) in [5.41, 5.74) is 0. The van der Waals surface area contributed by atoms with Gasteiger partial charge in [-0.15, -0.1) is 0 Å². The van der Waals surface area contributed by atoms with Gasteiger partial charge in [-0.3, -0.25) is 0 Å². The minimum Gasteiger partial charge on any atom is -0.203 e. The number of hydrogen-bond donors (Lipinski definition) is 0. The molecule has 0 N–H and O–H groups in total. The Kier molecular flexibility index (Phi) is 20.6. The van der Waals surface area contributed by atoms with Crippen molar-refractivity contribution in [3.63, 3.8) is 0 Å². The van der Waals surface area contributed by atoms with E-state index in [1.807, 2.05) is 0 Å². The summed E-state index contributed by atoms with van der Waals surface area (Å²) in [5, 5.41) is 0. The molecule has 0 aromatic carbocycles. The van der Waals surface area contributed by atoms with Crippen LogP contribution in [0.1, 0.15) is 136 Å². The number of hydrogen-bond acceptors (Lipinski definition) is 0.